The summed E-state index contributed by atoms with van der Waals surface area (Å²) in [5.74, 6) is -0.154. The first-order chi connectivity index (χ1) is 10.8. The van der Waals surface area contributed by atoms with Crippen molar-refractivity contribution in [2.45, 2.75) is 44.7 Å². The van der Waals surface area contributed by atoms with Crippen molar-refractivity contribution in [1.82, 2.24) is 9.62 Å². The lowest BCUT2D eigenvalue weighted by atomic mass is 10.1. The Hall–Kier alpha value is -1.44. The second-order valence-corrected chi connectivity index (χ2v) is 7.70. The van der Waals surface area contributed by atoms with Crippen molar-refractivity contribution >= 4 is 15.9 Å². The highest BCUT2D eigenvalue weighted by Gasteiger charge is 2.29. The van der Waals surface area contributed by atoms with Crippen LogP contribution in [0.25, 0.3) is 0 Å². The highest BCUT2D eigenvalue weighted by Crippen LogP contribution is 2.21. The molecule has 0 saturated carbocycles. The molecule has 2 rings (SSSR count). The monoisotopic (exact) mass is 340 g/mol. The molecule has 1 aliphatic heterocycles. The van der Waals surface area contributed by atoms with E-state index in [4.69, 9.17) is 4.74 Å². The van der Waals surface area contributed by atoms with Crippen LogP contribution in [0, 0.1) is 6.92 Å². The molecule has 2 unspecified atom stereocenters. The maximum absolute atomic E-state index is 12.9. The Labute approximate surface area is 137 Å². The number of carbonyl (C=O) groups excluding carboxylic acids is 1. The van der Waals surface area contributed by atoms with Gasteiger partial charge in [0.15, 0.2) is 0 Å². The van der Waals surface area contributed by atoms with E-state index in [2.05, 4.69) is 4.72 Å². The molecule has 0 radical (unpaired) electrons. The lowest BCUT2D eigenvalue weighted by molar-refractivity contribution is -0.0387. The van der Waals surface area contributed by atoms with Crippen LogP contribution in [0.5, 0.6) is 0 Å². The molecule has 1 aliphatic rings. The summed E-state index contributed by atoms with van der Waals surface area (Å²) in [5.41, 5.74) is 1.18. The van der Waals surface area contributed by atoms with Gasteiger partial charge in [0.1, 0.15) is 0 Å². The van der Waals surface area contributed by atoms with Gasteiger partial charge < -0.3 is 9.64 Å². The average molecular weight is 340 g/mol. The van der Waals surface area contributed by atoms with Crippen molar-refractivity contribution in [2.24, 2.45) is 0 Å². The topological polar surface area (TPSA) is 75.7 Å². The molecule has 1 aromatic rings. The van der Waals surface area contributed by atoms with Gasteiger partial charge in [0.2, 0.25) is 10.0 Å². The van der Waals surface area contributed by atoms with Gasteiger partial charge in [0.25, 0.3) is 5.91 Å². The van der Waals surface area contributed by atoms with Crippen LogP contribution in [0.3, 0.4) is 0 Å². The molecule has 0 aromatic heterocycles. The zero-order chi connectivity index (χ0) is 17.2. The zero-order valence-corrected chi connectivity index (χ0v) is 14.8. The molecule has 1 fully saturated rings. The first-order valence-electron chi connectivity index (χ1n) is 7.79. The summed E-state index contributed by atoms with van der Waals surface area (Å²) in [4.78, 5) is 14.7. The molecule has 128 valence electrons. The molecule has 7 heteroatoms. The minimum Gasteiger partial charge on any atom is -0.375 e. The lowest BCUT2D eigenvalue weighted by Gasteiger charge is -2.37. The van der Waals surface area contributed by atoms with Crippen molar-refractivity contribution in [1.29, 1.82) is 0 Å². The quantitative estimate of drug-likeness (QED) is 0.902. The van der Waals surface area contributed by atoms with Gasteiger partial charge in [0.05, 0.1) is 23.6 Å². The average Bonchev–Trinajstić information content (AvgIpc) is 2.49. The predicted molar refractivity (Wildman–Crippen MR) is 88.0 cm³/mol. The van der Waals surface area contributed by atoms with E-state index in [1.165, 1.54) is 12.1 Å². The maximum Gasteiger partial charge on any atom is 0.254 e. The molecule has 23 heavy (non-hydrogen) atoms. The zero-order valence-electron chi connectivity index (χ0n) is 14.0. The molecular weight excluding hydrogens is 316 g/mol. The number of aryl methyl sites for hydroxylation is 1. The minimum absolute atomic E-state index is 0.0240. The van der Waals surface area contributed by atoms with E-state index in [-0.39, 0.29) is 22.9 Å². The van der Waals surface area contributed by atoms with E-state index in [0.29, 0.717) is 25.3 Å². The molecular formula is C16H24N2O4S. The third kappa shape index (κ3) is 3.91. The molecule has 2 atom stereocenters. The van der Waals surface area contributed by atoms with Crippen molar-refractivity contribution in [3.8, 4) is 0 Å². The predicted octanol–water partition coefficient (Wildman–Crippen LogP) is 1.54. The molecule has 1 heterocycles. The number of carbonyl (C=O) groups is 1. The highest BCUT2D eigenvalue weighted by molar-refractivity contribution is 7.89. The van der Waals surface area contributed by atoms with Crippen LogP contribution >= 0.6 is 0 Å². The van der Waals surface area contributed by atoms with Gasteiger partial charge in [0, 0.05) is 18.7 Å². The fourth-order valence-corrected chi connectivity index (χ4v) is 3.68. The van der Waals surface area contributed by atoms with Crippen LogP contribution in [-0.2, 0) is 14.8 Å². The van der Waals surface area contributed by atoms with Crippen LogP contribution < -0.4 is 4.72 Å². The van der Waals surface area contributed by atoms with E-state index in [1.54, 1.807) is 17.9 Å². The Kier molecular flexibility index (Phi) is 5.44. The van der Waals surface area contributed by atoms with E-state index >= 15 is 0 Å². The molecule has 1 aromatic carbocycles. The van der Waals surface area contributed by atoms with Crippen LogP contribution in [0.1, 0.15) is 36.7 Å². The molecule has 0 bridgehead atoms. The number of nitrogens with one attached hydrogen (secondary N) is 1. The number of sulfonamides is 1. The first-order valence-corrected chi connectivity index (χ1v) is 9.27. The minimum atomic E-state index is -3.58. The molecule has 6 nitrogen and oxygen atoms in total. The van der Waals surface area contributed by atoms with Crippen LogP contribution in [0.4, 0.5) is 0 Å². The molecule has 1 N–H and O–H groups in total. The lowest BCUT2D eigenvalue weighted by Crippen LogP contribution is -2.50. The number of benzene rings is 1. The largest absolute Gasteiger partial charge is 0.375 e. The van der Waals surface area contributed by atoms with E-state index in [9.17, 15) is 13.2 Å². The summed E-state index contributed by atoms with van der Waals surface area (Å²) < 4.78 is 32.3. The van der Waals surface area contributed by atoms with Crippen molar-refractivity contribution in [3.63, 3.8) is 0 Å². The Morgan fingerprint density at radius 1 is 1.39 bits per heavy atom. The summed E-state index contributed by atoms with van der Waals surface area (Å²) >= 11 is 0. The van der Waals surface area contributed by atoms with Gasteiger partial charge in [-0.2, -0.15) is 0 Å². The number of rotatable bonds is 4. The van der Waals surface area contributed by atoms with Gasteiger partial charge in [-0.1, -0.05) is 13.0 Å². The van der Waals surface area contributed by atoms with Gasteiger partial charge in [-0.25, -0.2) is 13.1 Å². The Bertz CT molecular complexity index is 687. The second-order valence-electron chi connectivity index (χ2n) is 5.93. The van der Waals surface area contributed by atoms with E-state index < -0.39 is 10.0 Å². The third-order valence-corrected chi connectivity index (χ3v) is 5.50. The number of ether oxygens (including phenoxy) is 1. The fourth-order valence-electron chi connectivity index (χ4n) is 2.61. The summed E-state index contributed by atoms with van der Waals surface area (Å²) in [6, 6.07) is 4.62. The number of morpholine rings is 1. The van der Waals surface area contributed by atoms with Crippen molar-refractivity contribution in [2.75, 3.05) is 19.7 Å². The third-order valence-electron chi connectivity index (χ3n) is 3.95. The highest BCUT2D eigenvalue weighted by atomic mass is 32.2. The van der Waals surface area contributed by atoms with Crippen LogP contribution in [-0.4, -0.2) is 51.1 Å². The molecule has 0 aliphatic carbocycles. The maximum atomic E-state index is 12.9. The van der Waals surface area contributed by atoms with Crippen LogP contribution in [0.2, 0.25) is 0 Å². The van der Waals surface area contributed by atoms with Crippen LogP contribution in [0.15, 0.2) is 23.1 Å². The van der Waals surface area contributed by atoms with Gasteiger partial charge in [-0.05, 0) is 38.5 Å². The Balaban J connectivity index is 2.37. The normalized spacial score (nSPS) is 22.2. The van der Waals surface area contributed by atoms with Gasteiger partial charge in [-0.3, -0.25) is 4.79 Å². The second kappa shape index (κ2) is 6.98. The number of nitrogens with zero attached hydrogens (tertiary/aromatic N) is 1. The molecule has 1 saturated heterocycles. The van der Waals surface area contributed by atoms with E-state index in [0.717, 1.165) is 5.56 Å². The Morgan fingerprint density at radius 3 is 2.74 bits per heavy atom. The molecule has 1 amide bonds. The number of hydrogen-bond donors (Lipinski definition) is 1. The summed E-state index contributed by atoms with van der Waals surface area (Å²) in [7, 11) is -3.58. The van der Waals surface area contributed by atoms with E-state index in [1.807, 2.05) is 20.8 Å². The Morgan fingerprint density at radius 2 is 2.09 bits per heavy atom. The van der Waals surface area contributed by atoms with Crippen molar-refractivity contribution in [3.05, 3.63) is 29.3 Å². The van der Waals surface area contributed by atoms with Gasteiger partial charge in [-0.15, -0.1) is 0 Å². The number of amides is 1. The first kappa shape index (κ1) is 17.9. The fraction of sp³-hybridized carbons (Fsp3) is 0.562. The molecule has 0 spiro atoms. The SMILES string of the molecule is CCNS(=O)(=O)c1ccc(C)c(C(=O)N2CC(C)OCC2C)c1. The summed E-state index contributed by atoms with van der Waals surface area (Å²) in [6.45, 7) is 8.67. The summed E-state index contributed by atoms with van der Waals surface area (Å²) in [6.07, 6.45) is -0.0240. The standard InChI is InChI=1S/C16H24N2O4S/c1-5-17-23(20,21)14-7-6-11(2)15(8-14)16(19)18-9-13(4)22-10-12(18)3/h6-8,12-13,17H,5,9-10H2,1-4H3. The smallest absolute Gasteiger partial charge is 0.254 e. The van der Waals surface area contributed by atoms with Crippen molar-refractivity contribution < 1.29 is 17.9 Å². The number of hydrogen-bond acceptors (Lipinski definition) is 4. The summed E-state index contributed by atoms with van der Waals surface area (Å²) in [5, 5.41) is 0. The van der Waals surface area contributed by atoms with Gasteiger partial charge >= 0.3 is 0 Å².